The van der Waals surface area contributed by atoms with E-state index in [0.717, 1.165) is 0 Å². The number of sulfonamides is 1. The number of benzene rings is 2. The number of hydrogen-bond acceptors (Lipinski definition) is 6. The predicted octanol–water partition coefficient (Wildman–Crippen LogP) is 1.63. The van der Waals surface area contributed by atoms with Crippen LogP contribution in [0.4, 0.5) is 5.69 Å². The van der Waals surface area contributed by atoms with E-state index in [1.807, 2.05) is 0 Å². The number of ether oxygens (including phenoxy) is 3. The molecule has 9 heteroatoms. The van der Waals surface area contributed by atoms with Crippen molar-refractivity contribution in [2.24, 2.45) is 0 Å². The number of anilines is 1. The first-order valence-electron chi connectivity index (χ1n) is 8.29. The first-order chi connectivity index (χ1) is 13.0. The summed E-state index contributed by atoms with van der Waals surface area (Å²) in [5, 5.41) is 2.68. The van der Waals surface area contributed by atoms with Crippen molar-refractivity contribution >= 4 is 21.6 Å². The van der Waals surface area contributed by atoms with Gasteiger partial charge in [0, 0.05) is 31.0 Å². The molecule has 0 saturated carbocycles. The molecular formula is C18H20N2O6S. The van der Waals surface area contributed by atoms with Gasteiger partial charge < -0.3 is 19.5 Å². The van der Waals surface area contributed by atoms with Crippen LogP contribution in [0.15, 0.2) is 47.4 Å². The molecule has 0 radical (unpaired) electrons. The van der Waals surface area contributed by atoms with Crippen LogP contribution in [0.5, 0.6) is 11.5 Å². The Morgan fingerprint density at radius 1 is 1.11 bits per heavy atom. The van der Waals surface area contributed by atoms with Gasteiger partial charge in [0.25, 0.3) is 15.9 Å². The summed E-state index contributed by atoms with van der Waals surface area (Å²) in [6.07, 6.45) is 0. The normalized spacial score (nSPS) is 13.1. The Balaban J connectivity index is 1.76. The number of amides is 1. The van der Waals surface area contributed by atoms with E-state index in [2.05, 4.69) is 10.0 Å². The predicted molar refractivity (Wildman–Crippen MR) is 98.9 cm³/mol. The average molecular weight is 392 g/mol. The molecule has 0 aromatic heterocycles. The fourth-order valence-corrected chi connectivity index (χ4v) is 3.56. The number of fused-ring (bicyclic) bond motifs is 1. The number of carbonyl (C=O) groups excluding carboxylic acids is 1. The maximum Gasteiger partial charge on any atom is 0.262 e. The van der Waals surface area contributed by atoms with E-state index in [9.17, 15) is 13.2 Å². The van der Waals surface area contributed by atoms with Crippen molar-refractivity contribution in [3.8, 4) is 11.5 Å². The zero-order valence-corrected chi connectivity index (χ0v) is 15.5. The molecule has 0 fully saturated rings. The standard InChI is InChI=1S/C18H20N2O6S/c1-24-8-7-19-18(21)13-3-2-4-14(11-13)20-27(22,23)15-5-6-16-17(12-15)26-10-9-25-16/h2-6,11-12,20H,7-10H2,1H3,(H,19,21). The van der Waals surface area contributed by atoms with Gasteiger partial charge in [0.15, 0.2) is 11.5 Å². The van der Waals surface area contributed by atoms with Crippen LogP contribution in [0.25, 0.3) is 0 Å². The molecule has 144 valence electrons. The van der Waals surface area contributed by atoms with Crippen LogP contribution in [0.1, 0.15) is 10.4 Å². The van der Waals surface area contributed by atoms with Crippen molar-refractivity contribution in [3.63, 3.8) is 0 Å². The lowest BCUT2D eigenvalue weighted by atomic mass is 10.2. The van der Waals surface area contributed by atoms with Crippen molar-refractivity contribution in [1.82, 2.24) is 5.32 Å². The van der Waals surface area contributed by atoms with Crippen molar-refractivity contribution in [3.05, 3.63) is 48.0 Å². The minimum Gasteiger partial charge on any atom is -0.486 e. The molecule has 27 heavy (non-hydrogen) atoms. The highest BCUT2D eigenvalue weighted by Crippen LogP contribution is 2.32. The molecule has 0 saturated heterocycles. The SMILES string of the molecule is COCCNC(=O)c1cccc(NS(=O)(=O)c2ccc3c(c2)OCCO3)c1. The van der Waals surface area contributed by atoms with E-state index in [-0.39, 0.29) is 16.5 Å². The zero-order chi connectivity index (χ0) is 19.3. The molecule has 0 atom stereocenters. The molecule has 2 N–H and O–H groups in total. The highest BCUT2D eigenvalue weighted by Gasteiger charge is 2.20. The summed E-state index contributed by atoms with van der Waals surface area (Å²) < 4.78 is 43.5. The second kappa shape index (κ2) is 8.28. The largest absolute Gasteiger partial charge is 0.486 e. The molecular weight excluding hydrogens is 372 g/mol. The van der Waals surface area contributed by atoms with Crippen molar-refractivity contribution in [1.29, 1.82) is 0 Å². The third-order valence-corrected chi connectivity index (χ3v) is 5.17. The van der Waals surface area contributed by atoms with Crippen LogP contribution in [0, 0.1) is 0 Å². The second-order valence-electron chi connectivity index (χ2n) is 5.74. The molecule has 0 unspecified atom stereocenters. The fourth-order valence-electron chi connectivity index (χ4n) is 2.50. The van der Waals surface area contributed by atoms with E-state index < -0.39 is 10.0 Å². The number of nitrogens with one attached hydrogen (secondary N) is 2. The molecule has 2 aromatic carbocycles. The minimum absolute atomic E-state index is 0.0432. The summed E-state index contributed by atoms with van der Waals surface area (Å²) in [7, 11) is -2.31. The molecule has 0 bridgehead atoms. The van der Waals surface area contributed by atoms with E-state index in [4.69, 9.17) is 14.2 Å². The van der Waals surface area contributed by atoms with Crippen molar-refractivity contribution in [2.75, 3.05) is 38.2 Å². The topological polar surface area (TPSA) is 103 Å². The van der Waals surface area contributed by atoms with Gasteiger partial charge in [-0.3, -0.25) is 9.52 Å². The molecule has 1 aliphatic heterocycles. The van der Waals surface area contributed by atoms with Crippen molar-refractivity contribution < 1.29 is 27.4 Å². The lowest BCUT2D eigenvalue weighted by molar-refractivity contribution is 0.0937. The minimum atomic E-state index is -3.85. The van der Waals surface area contributed by atoms with E-state index >= 15 is 0 Å². The monoisotopic (exact) mass is 392 g/mol. The molecule has 1 aliphatic rings. The van der Waals surface area contributed by atoms with Gasteiger partial charge in [0.05, 0.1) is 11.5 Å². The smallest absolute Gasteiger partial charge is 0.262 e. The van der Waals surface area contributed by atoms with Gasteiger partial charge in [0.2, 0.25) is 0 Å². The second-order valence-corrected chi connectivity index (χ2v) is 7.42. The summed E-state index contributed by atoms with van der Waals surface area (Å²) in [5.41, 5.74) is 0.623. The Morgan fingerprint density at radius 3 is 2.67 bits per heavy atom. The summed E-state index contributed by atoms with van der Waals surface area (Å²) >= 11 is 0. The molecule has 3 rings (SSSR count). The first kappa shape index (κ1) is 19.0. The maximum atomic E-state index is 12.7. The Morgan fingerprint density at radius 2 is 1.89 bits per heavy atom. The summed E-state index contributed by atoms with van der Waals surface area (Å²) in [4.78, 5) is 12.1. The van der Waals surface area contributed by atoms with Crippen LogP contribution in [0.3, 0.4) is 0 Å². The van der Waals surface area contributed by atoms with Crippen LogP contribution in [0.2, 0.25) is 0 Å². The van der Waals surface area contributed by atoms with Gasteiger partial charge >= 0.3 is 0 Å². The molecule has 1 amide bonds. The third kappa shape index (κ3) is 4.69. The molecule has 1 heterocycles. The van der Waals surface area contributed by atoms with Gasteiger partial charge in [0.1, 0.15) is 13.2 Å². The Kier molecular flexibility index (Phi) is 5.82. The number of hydrogen-bond donors (Lipinski definition) is 2. The van der Waals surface area contributed by atoms with Gasteiger partial charge in [-0.25, -0.2) is 8.42 Å². The van der Waals surface area contributed by atoms with Crippen LogP contribution < -0.4 is 19.5 Å². The van der Waals surface area contributed by atoms with E-state index in [1.165, 1.54) is 18.2 Å². The average Bonchev–Trinajstić information content (AvgIpc) is 2.67. The quantitative estimate of drug-likeness (QED) is 0.695. The van der Waals surface area contributed by atoms with Crippen LogP contribution >= 0.6 is 0 Å². The highest BCUT2D eigenvalue weighted by atomic mass is 32.2. The summed E-state index contributed by atoms with van der Waals surface area (Å²) in [6, 6.07) is 10.7. The number of carbonyl (C=O) groups is 1. The Bertz CT molecular complexity index is 929. The molecule has 0 spiro atoms. The van der Waals surface area contributed by atoms with Gasteiger partial charge in [-0.05, 0) is 30.3 Å². The number of methoxy groups -OCH3 is 1. The molecule has 0 aliphatic carbocycles. The summed E-state index contributed by atoms with van der Waals surface area (Å²) in [5.74, 6) is 0.581. The third-order valence-electron chi connectivity index (χ3n) is 3.79. The van der Waals surface area contributed by atoms with E-state index in [1.54, 1.807) is 31.4 Å². The van der Waals surface area contributed by atoms with Crippen molar-refractivity contribution in [2.45, 2.75) is 4.90 Å². The van der Waals surface area contributed by atoms with Crippen LogP contribution in [-0.4, -0.2) is 47.8 Å². The lowest BCUT2D eigenvalue weighted by Crippen LogP contribution is -2.27. The highest BCUT2D eigenvalue weighted by molar-refractivity contribution is 7.92. The van der Waals surface area contributed by atoms with Gasteiger partial charge in [-0.1, -0.05) is 6.07 Å². The maximum absolute atomic E-state index is 12.7. The first-order valence-corrected chi connectivity index (χ1v) is 9.77. The fraction of sp³-hybridized carbons (Fsp3) is 0.278. The number of rotatable bonds is 7. The molecule has 8 nitrogen and oxygen atoms in total. The van der Waals surface area contributed by atoms with Gasteiger partial charge in [-0.15, -0.1) is 0 Å². The molecule has 2 aromatic rings. The van der Waals surface area contributed by atoms with Crippen LogP contribution in [-0.2, 0) is 14.8 Å². The zero-order valence-electron chi connectivity index (χ0n) is 14.7. The summed E-state index contributed by atoms with van der Waals surface area (Å²) in [6.45, 7) is 1.55. The van der Waals surface area contributed by atoms with E-state index in [0.29, 0.717) is 43.4 Å². The Hall–Kier alpha value is -2.78. The van der Waals surface area contributed by atoms with Gasteiger partial charge in [-0.2, -0.15) is 0 Å². The lowest BCUT2D eigenvalue weighted by Gasteiger charge is -2.19. The Labute approximate surface area is 157 Å².